The highest BCUT2D eigenvalue weighted by atomic mass is 79.9. The second-order valence-corrected chi connectivity index (χ2v) is 4.84. The van der Waals surface area contributed by atoms with Gasteiger partial charge in [0.25, 0.3) is 5.56 Å². The van der Waals surface area contributed by atoms with E-state index < -0.39 is 17.3 Å². The molecule has 0 radical (unpaired) electrons. The molecule has 6 heteroatoms. The van der Waals surface area contributed by atoms with E-state index in [4.69, 9.17) is 0 Å². The van der Waals surface area contributed by atoms with Crippen LogP contribution in [0.25, 0.3) is 0 Å². The molecular formula is C10H11BrF3NO. The van der Waals surface area contributed by atoms with E-state index in [0.29, 0.717) is 0 Å². The van der Waals surface area contributed by atoms with E-state index in [0.717, 1.165) is 10.6 Å². The number of halogens is 4. The summed E-state index contributed by atoms with van der Waals surface area (Å²) in [5.74, 6) is 0.105. The van der Waals surface area contributed by atoms with Crippen LogP contribution in [0.1, 0.15) is 19.4 Å². The van der Waals surface area contributed by atoms with Crippen molar-refractivity contribution in [2.45, 2.75) is 26.6 Å². The van der Waals surface area contributed by atoms with Gasteiger partial charge in [-0.2, -0.15) is 13.2 Å². The minimum atomic E-state index is -4.61. The van der Waals surface area contributed by atoms with Crippen molar-refractivity contribution in [3.63, 3.8) is 0 Å². The van der Waals surface area contributed by atoms with Crippen molar-refractivity contribution in [2.75, 3.05) is 0 Å². The number of hydrogen-bond acceptors (Lipinski definition) is 1. The fourth-order valence-electron chi connectivity index (χ4n) is 1.33. The molecule has 0 unspecified atom stereocenters. The lowest BCUT2D eigenvalue weighted by atomic mass is 10.2. The van der Waals surface area contributed by atoms with Crippen molar-refractivity contribution < 1.29 is 13.2 Å². The van der Waals surface area contributed by atoms with Gasteiger partial charge in [0.2, 0.25) is 0 Å². The molecule has 0 amide bonds. The van der Waals surface area contributed by atoms with Crippen LogP contribution >= 0.6 is 15.9 Å². The number of aromatic nitrogens is 1. The SMILES string of the molecule is CC(C)Cn1cc(Br)cc(C(F)(F)F)c1=O. The maximum Gasteiger partial charge on any atom is 0.421 e. The average molecular weight is 298 g/mol. The van der Waals surface area contributed by atoms with Gasteiger partial charge in [0, 0.05) is 17.2 Å². The molecule has 0 spiro atoms. The molecule has 0 saturated heterocycles. The first-order valence-corrected chi connectivity index (χ1v) is 5.48. The van der Waals surface area contributed by atoms with Gasteiger partial charge >= 0.3 is 6.18 Å². The average Bonchev–Trinajstić information content (AvgIpc) is 2.07. The van der Waals surface area contributed by atoms with Crippen molar-refractivity contribution in [3.8, 4) is 0 Å². The molecule has 16 heavy (non-hydrogen) atoms. The number of pyridine rings is 1. The van der Waals surface area contributed by atoms with Gasteiger partial charge in [-0.25, -0.2) is 0 Å². The lowest BCUT2D eigenvalue weighted by Crippen LogP contribution is -2.29. The third kappa shape index (κ3) is 3.10. The van der Waals surface area contributed by atoms with Gasteiger partial charge in [0.1, 0.15) is 5.56 Å². The Morgan fingerprint density at radius 3 is 2.44 bits per heavy atom. The fourth-order valence-corrected chi connectivity index (χ4v) is 1.81. The molecule has 0 N–H and O–H groups in total. The molecule has 0 aromatic carbocycles. The van der Waals surface area contributed by atoms with Crippen LogP contribution in [-0.4, -0.2) is 4.57 Å². The third-order valence-electron chi connectivity index (χ3n) is 1.92. The van der Waals surface area contributed by atoms with E-state index >= 15 is 0 Å². The summed E-state index contributed by atoms with van der Waals surface area (Å²) in [6, 6.07) is 0.805. The zero-order valence-corrected chi connectivity index (χ0v) is 10.4. The highest BCUT2D eigenvalue weighted by Gasteiger charge is 2.34. The van der Waals surface area contributed by atoms with Crippen molar-refractivity contribution in [3.05, 3.63) is 32.7 Å². The van der Waals surface area contributed by atoms with Crippen LogP contribution in [0.5, 0.6) is 0 Å². The van der Waals surface area contributed by atoms with Gasteiger partial charge in [-0.1, -0.05) is 13.8 Å². The summed E-state index contributed by atoms with van der Waals surface area (Å²) in [6.45, 7) is 3.93. The Morgan fingerprint density at radius 2 is 2.00 bits per heavy atom. The summed E-state index contributed by atoms with van der Waals surface area (Å²) in [7, 11) is 0. The highest BCUT2D eigenvalue weighted by molar-refractivity contribution is 9.10. The maximum atomic E-state index is 12.5. The van der Waals surface area contributed by atoms with Crippen molar-refractivity contribution in [1.82, 2.24) is 4.57 Å². The van der Waals surface area contributed by atoms with Gasteiger partial charge in [0.05, 0.1) is 0 Å². The van der Waals surface area contributed by atoms with Gasteiger partial charge in [-0.3, -0.25) is 4.79 Å². The van der Waals surface area contributed by atoms with Crippen LogP contribution < -0.4 is 5.56 Å². The number of rotatable bonds is 2. The molecule has 1 heterocycles. The molecule has 2 nitrogen and oxygen atoms in total. The fraction of sp³-hybridized carbons (Fsp3) is 0.500. The Balaban J connectivity index is 3.33. The Bertz CT molecular complexity index is 437. The highest BCUT2D eigenvalue weighted by Crippen LogP contribution is 2.28. The first kappa shape index (κ1) is 13.3. The first-order valence-electron chi connectivity index (χ1n) is 4.69. The normalized spacial score (nSPS) is 12.2. The minimum Gasteiger partial charge on any atom is -0.314 e. The van der Waals surface area contributed by atoms with E-state index in [9.17, 15) is 18.0 Å². The van der Waals surface area contributed by atoms with Crippen molar-refractivity contribution >= 4 is 15.9 Å². The minimum absolute atomic E-state index is 0.105. The molecule has 0 aliphatic rings. The maximum absolute atomic E-state index is 12.5. The third-order valence-corrected chi connectivity index (χ3v) is 2.35. The van der Waals surface area contributed by atoms with Gasteiger partial charge in [-0.15, -0.1) is 0 Å². The standard InChI is InChI=1S/C10H11BrF3NO/c1-6(2)4-15-5-7(11)3-8(9(15)16)10(12,13)14/h3,5-6H,4H2,1-2H3. The second kappa shape index (κ2) is 4.61. The second-order valence-electron chi connectivity index (χ2n) is 3.92. The molecule has 0 atom stereocenters. The first-order chi connectivity index (χ1) is 7.21. The molecule has 1 rings (SSSR count). The molecule has 0 saturated carbocycles. The summed E-state index contributed by atoms with van der Waals surface area (Å²) in [5, 5.41) is 0. The zero-order valence-electron chi connectivity index (χ0n) is 8.81. The molecule has 0 fully saturated rings. The molecule has 1 aromatic heterocycles. The molecule has 0 bridgehead atoms. The van der Waals surface area contributed by atoms with Gasteiger partial charge in [-0.05, 0) is 27.9 Å². The van der Waals surface area contributed by atoms with Crippen LogP contribution in [0.2, 0.25) is 0 Å². The van der Waals surface area contributed by atoms with Crippen LogP contribution in [0.15, 0.2) is 21.5 Å². The van der Waals surface area contributed by atoms with Crippen molar-refractivity contribution in [1.29, 1.82) is 0 Å². The Kier molecular flexibility index (Phi) is 3.83. The lowest BCUT2D eigenvalue weighted by molar-refractivity contribution is -0.139. The lowest BCUT2D eigenvalue weighted by Gasteiger charge is -2.13. The predicted molar refractivity (Wildman–Crippen MR) is 58.2 cm³/mol. The van der Waals surface area contributed by atoms with Crippen LogP contribution in [0.4, 0.5) is 13.2 Å². The quantitative estimate of drug-likeness (QED) is 0.821. The summed E-state index contributed by atoms with van der Waals surface area (Å²) < 4.78 is 38.9. The molecular weight excluding hydrogens is 287 g/mol. The zero-order chi connectivity index (χ0) is 12.5. The largest absolute Gasteiger partial charge is 0.421 e. The van der Waals surface area contributed by atoms with Crippen LogP contribution in [0.3, 0.4) is 0 Å². The summed E-state index contributed by atoms with van der Waals surface area (Å²) in [5.41, 5.74) is -2.13. The Morgan fingerprint density at radius 1 is 1.44 bits per heavy atom. The van der Waals surface area contributed by atoms with Crippen LogP contribution in [-0.2, 0) is 12.7 Å². The number of alkyl halides is 3. The number of nitrogens with zero attached hydrogens (tertiary/aromatic N) is 1. The van der Waals surface area contributed by atoms with E-state index in [-0.39, 0.29) is 16.9 Å². The van der Waals surface area contributed by atoms with E-state index in [1.54, 1.807) is 0 Å². The Labute approximate surface area is 99.2 Å². The monoisotopic (exact) mass is 297 g/mol. The predicted octanol–water partition coefficient (Wildman–Crippen LogP) is 3.29. The summed E-state index contributed by atoms with van der Waals surface area (Å²) >= 11 is 2.97. The van der Waals surface area contributed by atoms with Gasteiger partial charge in [0.15, 0.2) is 0 Å². The van der Waals surface area contributed by atoms with Gasteiger partial charge < -0.3 is 4.57 Å². The molecule has 1 aromatic rings. The molecule has 0 aliphatic carbocycles. The smallest absolute Gasteiger partial charge is 0.314 e. The van der Waals surface area contributed by atoms with Crippen molar-refractivity contribution in [2.24, 2.45) is 5.92 Å². The molecule has 0 aliphatic heterocycles. The topological polar surface area (TPSA) is 22.0 Å². The van der Waals surface area contributed by atoms with E-state index in [1.165, 1.54) is 6.20 Å². The summed E-state index contributed by atoms with van der Waals surface area (Å²) in [4.78, 5) is 11.5. The summed E-state index contributed by atoms with van der Waals surface area (Å²) in [6.07, 6.45) is -3.24. The number of hydrogen-bond donors (Lipinski definition) is 0. The molecule has 90 valence electrons. The van der Waals surface area contributed by atoms with Crippen LogP contribution in [0, 0.1) is 5.92 Å². The Hall–Kier alpha value is -0.780. The van der Waals surface area contributed by atoms with E-state index in [1.807, 2.05) is 13.8 Å². The van der Waals surface area contributed by atoms with E-state index in [2.05, 4.69) is 15.9 Å².